The normalized spacial score (nSPS) is 21.5. The summed E-state index contributed by atoms with van der Waals surface area (Å²) in [5, 5.41) is 1.66. The lowest BCUT2D eigenvalue weighted by Crippen LogP contribution is -2.50. The molecule has 4 N–H and O–H groups in total. The van der Waals surface area contributed by atoms with E-state index in [-0.39, 0.29) is 38.5 Å². The second kappa shape index (κ2) is 7.47. The third kappa shape index (κ3) is 3.53. The predicted molar refractivity (Wildman–Crippen MR) is 114 cm³/mol. The van der Waals surface area contributed by atoms with Crippen LogP contribution in [0.2, 0.25) is 0 Å². The Hall–Kier alpha value is -2.13. The monoisotopic (exact) mass is 478 g/mol. The number of amides is 1. The average molecular weight is 478 g/mol. The summed E-state index contributed by atoms with van der Waals surface area (Å²) in [7, 11) is 0. The SMILES string of the molecule is NC(=O)c1ccc(N2CC[C@H](c3ccc(F)cc3)[C@H](N)C2)c2c1=NC=IC=2. The van der Waals surface area contributed by atoms with Gasteiger partial charge < -0.3 is 16.4 Å². The highest BCUT2D eigenvalue weighted by molar-refractivity contribution is 14.2. The Labute approximate surface area is 166 Å². The van der Waals surface area contributed by atoms with Gasteiger partial charge in [0.15, 0.2) is 0 Å². The summed E-state index contributed by atoms with van der Waals surface area (Å²) in [6, 6.07) is 10.3. The number of halogens is 2. The van der Waals surface area contributed by atoms with Crippen LogP contribution in [0.5, 0.6) is 0 Å². The Morgan fingerprint density at radius 3 is 2.70 bits per heavy atom. The van der Waals surface area contributed by atoms with Gasteiger partial charge in [0.1, 0.15) is 5.82 Å². The molecule has 0 unspecified atom stereocenters. The van der Waals surface area contributed by atoms with E-state index in [9.17, 15) is 9.18 Å². The lowest BCUT2D eigenvalue weighted by Gasteiger charge is -2.38. The third-order valence-corrected chi connectivity index (χ3v) is 6.75. The molecule has 140 valence electrons. The van der Waals surface area contributed by atoms with Gasteiger partial charge >= 0.3 is 0 Å². The van der Waals surface area contributed by atoms with Crippen LogP contribution in [-0.2, 0) is 0 Å². The summed E-state index contributed by atoms with van der Waals surface area (Å²) >= 11 is -0.269. The molecule has 0 aromatic heterocycles. The molecule has 0 radical (unpaired) electrons. The minimum atomic E-state index is -0.463. The lowest BCUT2D eigenvalue weighted by atomic mass is 9.85. The highest BCUT2D eigenvalue weighted by Gasteiger charge is 2.28. The molecule has 2 atom stereocenters. The van der Waals surface area contributed by atoms with E-state index in [0.29, 0.717) is 17.5 Å². The largest absolute Gasteiger partial charge is 0.369 e. The van der Waals surface area contributed by atoms with Crippen LogP contribution in [-0.4, -0.2) is 29.2 Å². The molecular weight excluding hydrogens is 458 g/mol. The molecular formula is C20H20FIN4O. The Kier molecular flexibility index (Phi) is 5.05. The van der Waals surface area contributed by atoms with Crippen molar-refractivity contribution in [1.29, 1.82) is 0 Å². The van der Waals surface area contributed by atoms with Crippen LogP contribution in [0.1, 0.15) is 28.3 Å². The van der Waals surface area contributed by atoms with E-state index in [4.69, 9.17) is 11.5 Å². The van der Waals surface area contributed by atoms with Gasteiger partial charge in [-0.3, -0.25) is 4.79 Å². The van der Waals surface area contributed by atoms with Crippen LogP contribution < -0.4 is 26.9 Å². The molecule has 1 saturated heterocycles. The zero-order valence-corrected chi connectivity index (χ0v) is 16.8. The van der Waals surface area contributed by atoms with Gasteiger partial charge in [-0.25, -0.2) is 9.38 Å². The topological polar surface area (TPSA) is 84.7 Å². The molecule has 7 heteroatoms. The van der Waals surface area contributed by atoms with Crippen molar-refractivity contribution >= 4 is 40.5 Å². The number of hydrogen-bond acceptors (Lipinski definition) is 4. The van der Waals surface area contributed by atoms with Crippen LogP contribution in [0.15, 0.2) is 41.4 Å². The van der Waals surface area contributed by atoms with Gasteiger partial charge in [-0.1, -0.05) is 32.9 Å². The molecule has 0 bridgehead atoms. The van der Waals surface area contributed by atoms with Gasteiger partial charge in [0, 0.05) is 36.0 Å². The molecule has 0 aliphatic carbocycles. The number of carbonyl (C=O) groups excluding carboxylic acids is 1. The van der Waals surface area contributed by atoms with Crippen molar-refractivity contribution in [3.63, 3.8) is 0 Å². The molecule has 0 saturated carbocycles. The third-order valence-electron chi connectivity index (χ3n) is 5.16. The van der Waals surface area contributed by atoms with E-state index in [1.54, 1.807) is 6.07 Å². The Morgan fingerprint density at radius 1 is 1.22 bits per heavy atom. The number of anilines is 1. The molecule has 27 heavy (non-hydrogen) atoms. The summed E-state index contributed by atoms with van der Waals surface area (Å²) in [6.45, 7) is 1.54. The number of piperidine rings is 1. The van der Waals surface area contributed by atoms with Crippen LogP contribution in [0, 0.1) is 5.82 Å². The average Bonchev–Trinajstić information content (AvgIpc) is 2.68. The first-order valence-electron chi connectivity index (χ1n) is 8.75. The Morgan fingerprint density at radius 2 is 2.00 bits per heavy atom. The standard InChI is InChI=1S/C20H20FIN4O/c21-13-3-1-12(2-4-13)14-7-8-26(10-17(14)23)18-6-5-15(20(24)27)19-16(18)9-22-11-25-19/h1-6,9,11,14,17H,7-8,10,23H2,(H2,24,27)/t14-,17-/m1/s1. The molecule has 2 aromatic rings. The van der Waals surface area contributed by atoms with Crippen molar-refractivity contribution in [3.05, 3.63) is 63.9 Å². The smallest absolute Gasteiger partial charge is 0.250 e. The fraction of sp³-hybridized carbons (Fsp3) is 0.250. The molecule has 2 aliphatic heterocycles. The zero-order valence-electron chi connectivity index (χ0n) is 14.6. The maximum atomic E-state index is 13.2. The van der Waals surface area contributed by atoms with E-state index in [1.165, 1.54) is 12.1 Å². The van der Waals surface area contributed by atoms with Crippen LogP contribution in [0.25, 0.3) is 4.08 Å². The lowest BCUT2D eigenvalue weighted by molar-refractivity contribution is 0.0999. The Balaban J connectivity index is 1.64. The maximum absolute atomic E-state index is 13.2. The highest BCUT2D eigenvalue weighted by atomic mass is 127. The van der Waals surface area contributed by atoms with Crippen LogP contribution >= 0.6 is 20.7 Å². The van der Waals surface area contributed by atoms with Crippen LogP contribution in [0.3, 0.4) is 0 Å². The molecule has 5 nitrogen and oxygen atoms in total. The molecule has 2 aliphatic rings. The van der Waals surface area contributed by atoms with E-state index in [1.807, 2.05) is 22.3 Å². The summed E-state index contributed by atoms with van der Waals surface area (Å²) in [4.78, 5) is 18.4. The number of nitrogens with two attached hydrogens (primary N) is 2. The van der Waals surface area contributed by atoms with Crippen molar-refractivity contribution in [2.45, 2.75) is 18.4 Å². The fourth-order valence-corrected chi connectivity index (χ4v) is 5.39. The van der Waals surface area contributed by atoms with E-state index >= 15 is 0 Å². The number of hydrogen-bond donors (Lipinski definition) is 2. The summed E-state index contributed by atoms with van der Waals surface area (Å²) in [6.07, 6.45) is 0.886. The number of benzene rings is 2. The van der Waals surface area contributed by atoms with E-state index in [2.05, 4.69) is 14.0 Å². The van der Waals surface area contributed by atoms with Gasteiger partial charge in [0.2, 0.25) is 0 Å². The number of primary amides is 1. The van der Waals surface area contributed by atoms with Crippen molar-refractivity contribution in [1.82, 2.24) is 0 Å². The first-order chi connectivity index (χ1) is 13.0. The van der Waals surface area contributed by atoms with Crippen molar-refractivity contribution < 1.29 is 9.18 Å². The fourth-order valence-electron chi connectivity index (χ4n) is 3.81. The van der Waals surface area contributed by atoms with Crippen molar-refractivity contribution in [2.24, 2.45) is 16.5 Å². The molecule has 1 amide bonds. The molecule has 4 rings (SSSR count). The maximum Gasteiger partial charge on any atom is 0.250 e. The van der Waals surface area contributed by atoms with Crippen LogP contribution in [0.4, 0.5) is 10.1 Å². The quantitative estimate of drug-likeness (QED) is 0.654. The number of fused-ring (bicyclic) bond motifs is 1. The molecule has 2 aromatic carbocycles. The number of nitrogens with zero attached hydrogens (tertiary/aromatic N) is 2. The summed E-state index contributed by atoms with van der Waals surface area (Å²) in [5.74, 6) is -0.488. The van der Waals surface area contributed by atoms with Gasteiger partial charge in [0.25, 0.3) is 5.91 Å². The zero-order chi connectivity index (χ0) is 19.0. The first-order valence-corrected chi connectivity index (χ1v) is 11.2. The first kappa shape index (κ1) is 18.2. The van der Waals surface area contributed by atoms with Gasteiger partial charge in [0.05, 0.1) is 15.1 Å². The second-order valence-electron chi connectivity index (χ2n) is 6.78. The minimum Gasteiger partial charge on any atom is -0.369 e. The predicted octanol–water partition coefficient (Wildman–Crippen LogP) is 1.35. The molecule has 1 fully saturated rings. The summed E-state index contributed by atoms with van der Waals surface area (Å²) in [5.41, 5.74) is 14.6. The Bertz CT molecular complexity index is 1040. The minimum absolute atomic E-state index is 0.0579. The second-order valence-corrected chi connectivity index (χ2v) is 8.68. The highest BCUT2D eigenvalue weighted by Crippen LogP contribution is 2.29. The number of carbonyl (C=O) groups is 1. The van der Waals surface area contributed by atoms with Crippen molar-refractivity contribution in [2.75, 3.05) is 18.0 Å². The van der Waals surface area contributed by atoms with Crippen molar-refractivity contribution in [3.8, 4) is 0 Å². The van der Waals surface area contributed by atoms with E-state index in [0.717, 1.165) is 29.4 Å². The van der Waals surface area contributed by atoms with Gasteiger partial charge in [-0.15, -0.1) is 0 Å². The van der Waals surface area contributed by atoms with E-state index < -0.39 is 5.91 Å². The molecule has 0 spiro atoms. The van der Waals surface area contributed by atoms with Gasteiger partial charge in [-0.05, 0) is 40.3 Å². The molecule has 2 heterocycles. The van der Waals surface area contributed by atoms with Gasteiger partial charge in [-0.2, -0.15) is 0 Å². The summed E-state index contributed by atoms with van der Waals surface area (Å²) < 4.78 is 17.3. The number of rotatable bonds is 3.